The van der Waals surface area contributed by atoms with E-state index in [0.29, 0.717) is 12.3 Å². The van der Waals surface area contributed by atoms with E-state index in [1.165, 1.54) is 0 Å². The van der Waals surface area contributed by atoms with E-state index >= 15 is 0 Å². The van der Waals surface area contributed by atoms with Gasteiger partial charge in [-0.1, -0.05) is 6.42 Å². The largest absolute Gasteiger partial charge is 0.465 e. The second-order valence-electron chi connectivity index (χ2n) is 3.96. The predicted octanol–water partition coefficient (Wildman–Crippen LogP) is 2.20. The molecule has 0 amide bonds. The van der Waals surface area contributed by atoms with Gasteiger partial charge in [-0.2, -0.15) is 0 Å². The van der Waals surface area contributed by atoms with Crippen molar-refractivity contribution in [1.82, 2.24) is 0 Å². The highest BCUT2D eigenvalue weighted by atomic mass is 79.9. The van der Waals surface area contributed by atoms with Gasteiger partial charge in [-0.15, -0.1) is 0 Å². The Morgan fingerprint density at radius 1 is 1.64 bits per heavy atom. The zero-order valence-corrected chi connectivity index (χ0v) is 9.46. The highest BCUT2D eigenvalue weighted by Gasteiger charge is 2.44. The standard InChI is InChI=1S/C10H14BrNO2/c11-7-2-5-14-8(7)9(13)10(6-12)3-1-4-10/h2,5,9,13H,1,3-4,6,12H2. The minimum Gasteiger partial charge on any atom is -0.465 e. The lowest BCUT2D eigenvalue weighted by Gasteiger charge is -2.43. The fraction of sp³-hybridized carbons (Fsp3) is 0.600. The van der Waals surface area contributed by atoms with Crippen molar-refractivity contribution < 1.29 is 9.52 Å². The predicted molar refractivity (Wildman–Crippen MR) is 56.7 cm³/mol. The van der Waals surface area contributed by atoms with Crippen LogP contribution in [0.15, 0.2) is 21.2 Å². The van der Waals surface area contributed by atoms with Gasteiger partial charge in [0, 0.05) is 12.0 Å². The molecule has 1 fully saturated rings. The summed E-state index contributed by atoms with van der Waals surface area (Å²) in [7, 11) is 0. The van der Waals surface area contributed by atoms with Crippen molar-refractivity contribution in [2.75, 3.05) is 6.54 Å². The zero-order chi connectivity index (χ0) is 10.2. The molecular weight excluding hydrogens is 246 g/mol. The Labute approximate surface area is 91.4 Å². The van der Waals surface area contributed by atoms with Gasteiger partial charge in [0.15, 0.2) is 0 Å². The smallest absolute Gasteiger partial charge is 0.147 e. The van der Waals surface area contributed by atoms with Crippen LogP contribution < -0.4 is 5.73 Å². The van der Waals surface area contributed by atoms with Crippen molar-refractivity contribution in [1.29, 1.82) is 0 Å². The van der Waals surface area contributed by atoms with Crippen molar-refractivity contribution in [3.05, 3.63) is 22.6 Å². The third-order valence-electron chi connectivity index (χ3n) is 3.23. The van der Waals surface area contributed by atoms with Crippen molar-refractivity contribution in [2.24, 2.45) is 11.1 Å². The third-order valence-corrected chi connectivity index (χ3v) is 3.88. The third kappa shape index (κ3) is 1.42. The van der Waals surface area contributed by atoms with Crippen LogP contribution in [-0.4, -0.2) is 11.7 Å². The topological polar surface area (TPSA) is 59.4 Å². The maximum Gasteiger partial charge on any atom is 0.147 e. The summed E-state index contributed by atoms with van der Waals surface area (Å²) in [6.45, 7) is 0.515. The lowest BCUT2D eigenvalue weighted by molar-refractivity contribution is -0.0422. The van der Waals surface area contributed by atoms with Crippen LogP contribution in [0, 0.1) is 5.41 Å². The van der Waals surface area contributed by atoms with Crippen LogP contribution in [0.5, 0.6) is 0 Å². The Kier molecular flexibility index (Phi) is 2.68. The van der Waals surface area contributed by atoms with Crippen LogP contribution in [0.3, 0.4) is 0 Å². The van der Waals surface area contributed by atoms with Crippen molar-refractivity contribution in [2.45, 2.75) is 25.4 Å². The van der Waals surface area contributed by atoms with Gasteiger partial charge >= 0.3 is 0 Å². The number of furan rings is 1. The average molecular weight is 260 g/mol. The summed E-state index contributed by atoms with van der Waals surface area (Å²) in [6, 6.07) is 1.79. The first-order valence-electron chi connectivity index (χ1n) is 4.81. The van der Waals surface area contributed by atoms with Gasteiger partial charge in [0.05, 0.1) is 10.7 Å². The van der Waals surface area contributed by atoms with Crippen LogP contribution in [0.25, 0.3) is 0 Å². The van der Waals surface area contributed by atoms with E-state index < -0.39 is 6.10 Å². The number of aliphatic hydroxyl groups excluding tert-OH is 1. The van der Waals surface area contributed by atoms with Crippen LogP contribution >= 0.6 is 15.9 Å². The van der Waals surface area contributed by atoms with E-state index in [-0.39, 0.29) is 5.41 Å². The van der Waals surface area contributed by atoms with Gasteiger partial charge in [-0.25, -0.2) is 0 Å². The molecule has 3 N–H and O–H groups in total. The van der Waals surface area contributed by atoms with Gasteiger partial charge < -0.3 is 15.3 Å². The molecule has 0 spiro atoms. The summed E-state index contributed by atoms with van der Waals surface area (Å²) in [5.74, 6) is 0.607. The first kappa shape index (κ1) is 10.2. The lowest BCUT2D eigenvalue weighted by atomic mass is 9.64. The van der Waals surface area contributed by atoms with E-state index in [0.717, 1.165) is 23.7 Å². The quantitative estimate of drug-likeness (QED) is 0.875. The maximum absolute atomic E-state index is 10.2. The van der Waals surface area contributed by atoms with Crippen LogP contribution in [0.1, 0.15) is 31.1 Å². The molecule has 0 aliphatic heterocycles. The number of rotatable bonds is 3. The molecule has 2 rings (SSSR count). The van der Waals surface area contributed by atoms with Crippen molar-refractivity contribution in [3.8, 4) is 0 Å². The molecule has 1 unspecified atom stereocenters. The molecule has 14 heavy (non-hydrogen) atoms. The van der Waals surface area contributed by atoms with E-state index in [4.69, 9.17) is 10.2 Å². The molecule has 1 aromatic heterocycles. The number of halogens is 1. The zero-order valence-electron chi connectivity index (χ0n) is 7.87. The summed E-state index contributed by atoms with van der Waals surface area (Å²) in [4.78, 5) is 0. The van der Waals surface area contributed by atoms with E-state index in [9.17, 15) is 5.11 Å². The molecule has 4 heteroatoms. The molecule has 0 bridgehead atoms. The number of aliphatic hydroxyl groups is 1. The summed E-state index contributed by atoms with van der Waals surface area (Å²) in [5, 5.41) is 10.2. The highest BCUT2D eigenvalue weighted by Crippen LogP contribution is 2.50. The molecule has 1 aliphatic carbocycles. The first-order chi connectivity index (χ1) is 6.69. The molecule has 1 atom stereocenters. The van der Waals surface area contributed by atoms with Gasteiger partial charge in [-0.05, 0) is 34.8 Å². The minimum absolute atomic E-state index is 0.152. The lowest BCUT2D eigenvalue weighted by Crippen LogP contribution is -2.42. The molecule has 1 aromatic rings. The average Bonchev–Trinajstić information content (AvgIpc) is 2.50. The van der Waals surface area contributed by atoms with Crippen molar-refractivity contribution >= 4 is 15.9 Å². The minimum atomic E-state index is -0.578. The maximum atomic E-state index is 10.2. The molecule has 1 heterocycles. The fourth-order valence-electron chi connectivity index (χ4n) is 2.00. The van der Waals surface area contributed by atoms with Gasteiger partial charge in [0.2, 0.25) is 0 Å². The summed E-state index contributed by atoms with van der Waals surface area (Å²) >= 11 is 3.35. The molecule has 78 valence electrons. The molecular formula is C10H14BrNO2. The van der Waals surface area contributed by atoms with Crippen LogP contribution in [0.2, 0.25) is 0 Å². The Balaban J connectivity index is 2.22. The van der Waals surface area contributed by atoms with E-state index in [1.807, 2.05) is 0 Å². The second kappa shape index (κ2) is 3.68. The Morgan fingerprint density at radius 3 is 2.71 bits per heavy atom. The van der Waals surface area contributed by atoms with Crippen LogP contribution in [0.4, 0.5) is 0 Å². The highest BCUT2D eigenvalue weighted by molar-refractivity contribution is 9.10. The SMILES string of the molecule is NCC1(C(O)c2occc2Br)CCC1. The van der Waals surface area contributed by atoms with Crippen molar-refractivity contribution in [3.63, 3.8) is 0 Å². The summed E-state index contributed by atoms with van der Waals surface area (Å²) in [5.41, 5.74) is 5.56. The normalized spacial score (nSPS) is 21.6. The molecule has 1 saturated carbocycles. The van der Waals surface area contributed by atoms with Gasteiger partial charge in [0.1, 0.15) is 11.9 Å². The number of nitrogens with two attached hydrogens (primary N) is 1. The molecule has 0 saturated heterocycles. The fourth-order valence-corrected chi connectivity index (χ4v) is 2.42. The Hall–Kier alpha value is -0.320. The number of hydrogen-bond donors (Lipinski definition) is 2. The van der Waals surface area contributed by atoms with Gasteiger partial charge in [-0.3, -0.25) is 0 Å². The van der Waals surface area contributed by atoms with Gasteiger partial charge in [0.25, 0.3) is 0 Å². The second-order valence-corrected chi connectivity index (χ2v) is 4.81. The molecule has 0 radical (unpaired) electrons. The molecule has 3 nitrogen and oxygen atoms in total. The first-order valence-corrected chi connectivity index (χ1v) is 5.60. The molecule has 0 aromatic carbocycles. The van der Waals surface area contributed by atoms with Crippen LogP contribution in [-0.2, 0) is 0 Å². The Bertz CT molecular complexity index is 314. The molecule has 1 aliphatic rings. The van der Waals surface area contributed by atoms with E-state index in [1.54, 1.807) is 12.3 Å². The summed E-state index contributed by atoms with van der Waals surface area (Å²) < 4.78 is 6.08. The van der Waals surface area contributed by atoms with E-state index in [2.05, 4.69) is 15.9 Å². The number of hydrogen-bond acceptors (Lipinski definition) is 3. The summed E-state index contributed by atoms with van der Waals surface area (Å²) in [6.07, 6.45) is 4.11. The monoisotopic (exact) mass is 259 g/mol. The Morgan fingerprint density at radius 2 is 2.36 bits per heavy atom.